The van der Waals surface area contributed by atoms with Crippen LogP contribution in [0.5, 0.6) is 0 Å². The molecule has 2 heterocycles. The molecule has 0 fully saturated rings. The van der Waals surface area contributed by atoms with Crippen molar-refractivity contribution in [2.45, 2.75) is 26.1 Å². The fourth-order valence-corrected chi connectivity index (χ4v) is 2.18. The van der Waals surface area contributed by atoms with E-state index < -0.39 is 24.2 Å². The fraction of sp³-hybridized carbons (Fsp3) is 0.500. The van der Waals surface area contributed by atoms with Crippen LogP contribution in [0.25, 0.3) is 0 Å². The number of alkyl halides is 3. The first-order valence-electron chi connectivity index (χ1n) is 8.79. The molecule has 13 heteroatoms. The lowest BCUT2D eigenvalue weighted by Gasteiger charge is -2.15. The molecular formula is C18H25F3N4O6. The highest BCUT2D eigenvalue weighted by Crippen LogP contribution is 2.34. The first-order chi connectivity index (χ1) is 14.5. The van der Waals surface area contributed by atoms with E-state index in [4.69, 9.17) is 0 Å². The first kappa shape index (κ1) is 27.8. The van der Waals surface area contributed by atoms with Gasteiger partial charge in [-0.1, -0.05) is 13.8 Å². The summed E-state index contributed by atoms with van der Waals surface area (Å²) in [5, 5.41) is 7.33. The second-order valence-electron chi connectivity index (χ2n) is 5.41. The van der Waals surface area contributed by atoms with Gasteiger partial charge in [0.25, 0.3) is 0 Å². The molecule has 0 radical (unpaired) electrons. The van der Waals surface area contributed by atoms with Crippen LogP contribution >= 0.6 is 0 Å². The molecule has 0 saturated carbocycles. The Morgan fingerprint density at radius 1 is 0.968 bits per heavy atom. The number of halogens is 3. The van der Waals surface area contributed by atoms with E-state index in [1.165, 1.54) is 24.9 Å². The molecule has 0 N–H and O–H groups in total. The second-order valence-corrected chi connectivity index (χ2v) is 5.41. The zero-order valence-electron chi connectivity index (χ0n) is 18.2. The Balaban J connectivity index is 0.000000564. The monoisotopic (exact) mass is 450 g/mol. The summed E-state index contributed by atoms with van der Waals surface area (Å²) < 4.78 is 53.1. The zero-order chi connectivity index (χ0) is 24.4. The summed E-state index contributed by atoms with van der Waals surface area (Å²) in [6.07, 6.45) is -6.17. The number of carbonyl (C=O) groups excluding carboxylic acids is 3. The second kappa shape index (κ2) is 12.5. The van der Waals surface area contributed by atoms with Crippen LogP contribution in [0, 0.1) is 0 Å². The first-order valence-corrected chi connectivity index (χ1v) is 8.79. The summed E-state index contributed by atoms with van der Waals surface area (Å²) in [7, 11) is 6.24. The van der Waals surface area contributed by atoms with E-state index in [1.807, 2.05) is 13.8 Å². The summed E-state index contributed by atoms with van der Waals surface area (Å²) in [4.78, 5) is 32.4. The summed E-state index contributed by atoms with van der Waals surface area (Å²) in [5.74, 6) is -1.26. The van der Waals surface area contributed by atoms with E-state index in [2.05, 4.69) is 24.4 Å². The molecule has 31 heavy (non-hydrogen) atoms. The largest absolute Gasteiger partial charge is 0.464 e. The number of hydrogen-bond donors (Lipinski definition) is 0. The Morgan fingerprint density at radius 2 is 1.42 bits per heavy atom. The van der Waals surface area contributed by atoms with Gasteiger partial charge in [-0.05, 0) is 6.07 Å². The molecule has 0 aliphatic rings. The van der Waals surface area contributed by atoms with Crippen molar-refractivity contribution in [2.24, 2.45) is 14.1 Å². The predicted octanol–water partition coefficient (Wildman–Crippen LogP) is 2.50. The molecule has 174 valence electrons. The number of ether oxygens (including phenoxy) is 3. The molecule has 1 atom stereocenters. The van der Waals surface area contributed by atoms with E-state index >= 15 is 0 Å². The van der Waals surface area contributed by atoms with Crippen LogP contribution in [0.2, 0.25) is 0 Å². The van der Waals surface area contributed by atoms with Crippen LogP contribution in [0.4, 0.5) is 13.2 Å². The molecule has 2 rings (SSSR count). The summed E-state index contributed by atoms with van der Waals surface area (Å²) in [5.41, 5.74) is 0.0224. The SMILES string of the molecule is CC.COC(=O)c1cc(C(OC)C(F)(F)F)nn1C.COC(=O)c1cc(C=O)nn1C. The van der Waals surface area contributed by atoms with Gasteiger partial charge in [-0.3, -0.25) is 14.2 Å². The number of esters is 2. The van der Waals surface area contributed by atoms with E-state index in [0.29, 0.717) is 6.29 Å². The number of aromatic nitrogens is 4. The summed E-state index contributed by atoms with van der Waals surface area (Å²) >= 11 is 0. The van der Waals surface area contributed by atoms with Crippen molar-refractivity contribution in [3.8, 4) is 0 Å². The molecule has 10 nitrogen and oxygen atoms in total. The molecule has 0 aromatic carbocycles. The third-order valence-corrected chi connectivity index (χ3v) is 3.51. The molecule has 1 unspecified atom stereocenters. The minimum atomic E-state index is -4.59. The molecule has 0 aliphatic heterocycles. The van der Waals surface area contributed by atoms with Crippen LogP contribution in [-0.4, -0.2) is 65.3 Å². The molecule has 0 aliphatic carbocycles. The Bertz CT molecular complexity index is 876. The van der Waals surface area contributed by atoms with Crippen LogP contribution in [0.15, 0.2) is 12.1 Å². The van der Waals surface area contributed by atoms with Gasteiger partial charge in [0.2, 0.25) is 0 Å². The van der Waals surface area contributed by atoms with Gasteiger partial charge in [0, 0.05) is 27.3 Å². The Kier molecular flexibility index (Phi) is 11.2. The van der Waals surface area contributed by atoms with Crippen LogP contribution in [-0.2, 0) is 28.3 Å². The van der Waals surface area contributed by atoms with Gasteiger partial charge in [0.05, 0.1) is 14.2 Å². The molecule has 0 spiro atoms. The lowest BCUT2D eigenvalue weighted by molar-refractivity contribution is -0.217. The molecular weight excluding hydrogens is 425 g/mol. The minimum Gasteiger partial charge on any atom is -0.464 e. The maximum atomic E-state index is 12.5. The molecule has 2 aromatic heterocycles. The van der Waals surface area contributed by atoms with Crippen molar-refractivity contribution in [3.63, 3.8) is 0 Å². The molecule has 2 aromatic rings. The minimum absolute atomic E-state index is 0.0752. The van der Waals surface area contributed by atoms with Crippen molar-refractivity contribution in [1.29, 1.82) is 0 Å². The van der Waals surface area contributed by atoms with E-state index in [-0.39, 0.29) is 22.8 Å². The van der Waals surface area contributed by atoms with Gasteiger partial charge in [0.1, 0.15) is 22.8 Å². The van der Waals surface area contributed by atoms with Crippen molar-refractivity contribution in [1.82, 2.24) is 19.6 Å². The summed E-state index contributed by atoms with van der Waals surface area (Å²) in [6.45, 7) is 4.00. The number of nitrogens with zero attached hydrogens (tertiary/aromatic N) is 4. The standard InChI is InChI=1S/C9H11F3N2O3.C7H8N2O3.C2H6/c1-14-6(8(15)17-3)4-5(13-14)7(16-2)9(10,11)12;1-9-6(7(11)12-2)3-5(4-10)8-9;1-2/h4,7H,1-3H3;3-4H,1-2H3;1-2H3. The normalized spacial score (nSPS) is 11.3. The predicted molar refractivity (Wildman–Crippen MR) is 102 cm³/mol. The van der Waals surface area contributed by atoms with Gasteiger partial charge >= 0.3 is 18.1 Å². The maximum Gasteiger partial charge on any atom is 0.420 e. The molecule has 0 bridgehead atoms. The van der Waals surface area contributed by atoms with E-state index in [9.17, 15) is 27.6 Å². The highest BCUT2D eigenvalue weighted by molar-refractivity contribution is 5.89. The van der Waals surface area contributed by atoms with Crippen LogP contribution in [0.3, 0.4) is 0 Å². The maximum absolute atomic E-state index is 12.5. The Morgan fingerprint density at radius 3 is 1.77 bits per heavy atom. The number of methoxy groups -OCH3 is 3. The van der Waals surface area contributed by atoms with Gasteiger partial charge in [-0.25, -0.2) is 9.59 Å². The number of aldehydes is 1. The van der Waals surface area contributed by atoms with Gasteiger partial charge in [-0.2, -0.15) is 23.4 Å². The molecule has 0 saturated heterocycles. The Labute approximate surface area is 176 Å². The van der Waals surface area contributed by atoms with Crippen molar-refractivity contribution in [2.75, 3.05) is 21.3 Å². The average molecular weight is 450 g/mol. The van der Waals surface area contributed by atoms with Crippen LogP contribution in [0.1, 0.15) is 57.1 Å². The van der Waals surface area contributed by atoms with Crippen molar-refractivity contribution in [3.05, 3.63) is 34.9 Å². The smallest absolute Gasteiger partial charge is 0.420 e. The lowest BCUT2D eigenvalue weighted by Crippen LogP contribution is -2.23. The number of rotatable bonds is 5. The van der Waals surface area contributed by atoms with E-state index in [1.54, 1.807) is 7.05 Å². The van der Waals surface area contributed by atoms with E-state index in [0.717, 1.165) is 25.0 Å². The summed E-state index contributed by atoms with van der Waals surface area (Å²) in [6, 6.07) is 2.37. The Hall–Kier alpha value is -3.22. The number of carbonyl (C=O) groups is 3. The zero-order valence-corrected chi connectivity index (χ0v) is 18.2. The quantitative estimate of drug-likeness (QED) is 0.504. The number of hydrogen-bond acceptors (Lipinski definition) is 8. The van der Waals surface area contributed by atoms with Gasteiger partial charge in [-0.15, -0.1) is 0 Å². The topological polar surface area (TPSA) is 115 Å². The van der Waals surface area contributed by atoms with Crippen molar-refractivity contribution >= 4 is 18.2 Å². The van der Waals surface area contributed by atoms with Gasteiger partial charge in [0.15, 0.2) is 12.4 Å². The fourth-order valence-electron chi connectivity index (χ4n) is 2.18. The third kappa shape index (κ3) is 7.51. The lowest BCUT2D eigenvalue weighted by atomic mass is 10.2. The highest BCUT2D eigenvalue weighted by atomic mass is 19.4. The van der Waals surface area contributed by atoms with Crippen LogP contribution < -0.4 is 0 Å². The average Bonchev–Trinajstić information content (AvgIpc) is 3.30. The highest BCUT2D eigenvalue weighted by Gasteiger charge is 2.43. The molecule has 0 amide bonds. The van der Waals surface area contributed by atoms with Crippen molar-refractivity contribution < 1.29 is 41.8 Å². The van der Waals surface area contributed by atoms with Gasteiger partial charge < -0.3 is 14.2 Å². The number of aryl methyl sites for hydroxylation is 2. The third-order valence-electron chi connectivity index (χ3n) is 3.51.